The number of rotatable bonds is 1. The van der Waals surface area contributed by atoms with E-state index < -0.39 is 5.60 Å². The third kappa shape index (κ3) is 1.00. The Labute approximate surface area is 72.7 Å². The van der Waals surface area contributed by atoms with Crippen LogP contribution < -0.4 is 0 Å². The predicted molar refractivity (Wildman–Crippen MR) is 43.6 cm³/mol. The molecule has 2 heterocycles. The van der Waals surface area contributed by atoms with Crippen molar-refractivity contribution >= 4 is 0 Å². The van der Waals surface area contributed by atoms with Crippen molar-refractivity contribution in [3.05, 3.63) is 0 Å². The topological polar surface area (TPSA) is 38.7 Å². The predicted octanol–water partition coefficient (Wildman–Crippen LogP) is 0.766. The summed E-state index contributed by atoms with van der Waals surface area (Å²) in [6.45, 7) is 5.22. The molecule has 0 aliphatic carbocycles. The van der Waals surface area contributed by atoms with E-state index in [1.54, 1.807) is 0 Å². The van der Waals surface area contributed by atoms with Crippen molar-refractivity contribution in [3.8, 4) is 0 Å². The van der Waals surface area contributed by atoms with E-state index in [4.69, 9.17) is 9.47 Å². The average Bonchev–Trinajstić information content (AvgIpc) is 2.54. The molecule has 0 amide bonds. The molecule has 0 spiro atoms. The van der Waals surface area contributed by atoms with Crippen LogP contribution in [0, 0.1) is 11.8 Å². The van der Waals surface area contributed by atoms with E-state index in [0.717, 1.165) is 13.0 Å². The summed E-state index contributed by atoms with van der Waals surface area (Å²) in [5.41, 5.74) is -0.652. The molecule has 2 aliphatic rings. The first-order chi connectivity index (χ1) is 5.64. The summed E-state index contributed by atoms with van der Waals surface area (Å²) in [6.07, 6.45) is 0.789. The van der Waals surface area contributed by atoms with Crippen molar-refractivity contribution < 1.29 is 14.6 Å². The maximum absolute atomic E-state index is 10.2. The van der Waals surface area contributed by atoms with E-state index in [1.807, 2.05) is 13.8 Å². The van der Waals surface area contributed by atoms with Gasteiger partial charge in [0.1, 0.15) is 0 Å². The molecule has 0 radical (unpaired) electrons. The Balaban J connectivity index is 2.17. The van der Waals surface area contributed by atoms with Gasteiger partial charge in [0, 0.05) is 5.92 Å². The van der Waals surface area contributed by atoms with Crippen LogP contribution in [0.5, 0.6) is 0 Å². The Morgan fingerprint density at radius 2 is 2.17 bits per heavy atom. The molecule has 1 N–H and O–H groups in total. The lowest BCUT2D eigenvalue weighted by atomic mass is 9.80. The largest absolute Gasteiger partial charge is 0.387 e. The Bertz CT molecular complexity index is 181. The van der Waals surface area contributed by atoms with Crippen LogP contribution in [0.1, 0.15) is 20.3 Å². The molecular weight excluding hydrogens is 156 g/mol. The van der Waals surface area contributed by atoms with Gasteiger partial charge >= 0.3 is 0 Å². The van der Waals surface area contributed by atoms with Gasteiger partial charge in [-0.3, -0.25) is 0 Å². The molecule has 3 atom stereocenters. The maximum atomic E-state index is 10.2. The lowest BCUT2D eigenvalue weighted by Gasteiger charge is -2.30. The zero-order valence-corrected chi connectivity index (χ0v) is 7.62. The molecule has 70 valence electrons. The molecular formula is C9H16O3. The first-order valence-corrected chi connectivity index (χ1v) is 4.60. The molecule has 0 bridgehead atoms. The fourth-order valence-corrected chi connectivity index (χ4v) is 2.13. The van der Waals surface area contributed by atoms with E-state index in [1.165, 1.54) is 0 Å². The highest BCUT2D eigenvalue weighted by molar-refractivity contribution is 4.97. The smallest absolute Gasteiger partial charge is 0.163 e. The zero-order valence-electron chi connectivity index (χ0n) is 7.62. The standard InChI is InChI=1S/C9H16O3/c1-6(2)9(10)5-12-8-7(9)3-4-11-8/h6-8,10H,3-5H2,1-2H3/t7-,8-,9?/m1/s1. The van der Waals surface area contributed by atoms with E-state index in [-0.39, 0.29) is 18.1 Å². The van der Waals surface area contributed by atoms with E-state index in [2.05, 4.69) is 0 Å². The number of ether oxygens (including phenoxy) is 2. The monoisotopic (exact) mass is 172 g/mol. The zero-order chi connectivity index (χ0) is 8.77. The van der Waals surface area contributed by atoms with E-state index >= 15 is 0 Å². The summed E-state index contributed by atoms with van der Waals surface area (Å²) in [5, 5.41) is 10.2. The highest BCUT2D eigenvalue weighted by atomic mass is 16.7. The van der Waals surface area contributed by atoms with Gasteiger partial charge in [-0.25, -0.2) is 0 Å². The van der Waals surface area contributed by atoms with Gasteiger partial charge in [-0.2, -0.15) is 0 Å². The first-order valence-electron chi connectivity index (χ1n) is 4.60. The lowest BCUT2D eigenvalue weighted by molar-refractivity contribution is -0.0920. The SMILES string of the molecule is CC(C)C1(O)CO[C@H]2OCC[C@H]21. The van der Waals surface area contributed by atoms with Crippen molar-refractivity contribution in [2.24, 2.45) is 11.8 Å². The van der Waals surface area contributed by atoms with Crippen molar-refractivity contribution in [1.82, 2.24) is 0 Å². The van der Waals surface area contributed by atoms with Gasteiger partial charge in [-0.1, -0.05) is 13.8 Å². The minimum atomic E-state index is -0.652. The van der Waals surface area contributed by atoms with Gasteiger partial charge in [0.2, 0.25) is 0 Å². The van der Waals surface area contributed by atoms with Gasteiger partial charge in [0.15, 0.2) is 6.29 Å². The van der Waals surface area contributed by atoms with Crippen molar-refractivity contribution in [1.29, 1.82) is 0 Å². The minimum Gasteiger partial charge on any atom is -0.387 e. The summed E-state index contributed by atoms with van der Waals surface area (Å²) >= 11 is 0. The molecule has 2 saturated heterocycles. The molecule has 2 rings (SSSR count). The van der Waals surface area contributed by atoms with Crippen LogP contribution in [-0.2, 0) is 9.47 Å². The molecule has 0 aromatic carbocycles. The van der Waals surface area contributed by atoms with Crippen LogP contribution in [-0.4, -0.2) is 30.2 Å². The fraction of sp³-hybridized carbons (Fsp3) is 1.00. The van der Waals surface area contributed by atoms with Crippen LogP contribution in [0.4, 0.5) is 0 Å². The molecule has 0 saturated carbocycles. The summed E-state index contributed by atoms with van der Waals surface area (Å²) < 4.78 is 10.7. The van der Waals surface area contributed by atoms with Gasteiger partial charge in [-0.15, -0.1) is 0 Å². The van der Waals surface area contributed by atoms with Crippen LogP contribution in [0.3, 0.4) is 0 Å². The van der Waals surface area contributed by atoms with Crippen molar-refractivity contribution in [2.45, 2.75) is 32.2 Å². The van der Waals surface area contributed by atoms with Gasteiger partial charge in [-0.05, 0) is 12.3 Å². The van der Waals surface area contributed by atoms with Crippen LogP contribution in [0.25, 0.3) is 0 Å². The van der Waals surface area contributed by atoms with Crippen LogP contribution >= 0.6 is 0 Å². The van der Waals surface area contributed by atoms with Gasteiger partial charge < -0.3 is 14.6 Å². The molecule has 0 aromatic heterocycles. The van der Waals surface area contributed by atoms with Crippen LogP contribution in [0.15, 0.2) is 0 Å². The highest BCUT2D eigenvalue weighted by Crippen LogP contribution is 2.42. The number of hydrogen-bond acceptors (Lipinski definition) is 3. The lowest BCUT2D eigenvalue weighted by Crippen LogP contribution is -2.42. The summed E-state index contributed by atoms with van der Waals surface area (Å²) in [4.78, 5) is 0. The molecule has 3 nitrogen and oxygen atoms in total. The van der Waals surface area contributed by atoms with Gasteiger partial charge in [0.25, 0.3) is 0 Å². The molecule has 2 aliphatic heterocycles. The van der Waals surface area contributed by atoms with Gasteiger partial charge in [0.05, 0.1) is 18.8 Å². The number of aliphatic hydroxyl groups is 1. The van der Waals surface area contributed by atoms with Crippen LogP contribution in [0.2, 0.25) is 0 Å². The third-order valence-corrected chi connectivity index (χ3v) is 3.16. The molecule has 12 heavy (non-hydrogen) atoms. The highest BCUT2D eigenvalue weighted by Gasteiger charge is 2.53. The summed E-state index contributed by atoms with van der Waals surface area (Å²) in [7, 11) is 0. The van der Waals surface area contributed by atoms with E-state index in [0.29, 0.717) is 6.61 Å². The Morgan fingerprint density at radius 3 is 2.83 bits per heavy atom. The Hall–Kier alpha value is -0.120. The summed E-state index contributed by atoms with van der Waals surface area (Å²) in [5.74, 6) is 0.437. The Kier molecular flexibility index (Phi) is 1.90. The number of hydrogen-bond donors (Lipinski definition) is 1. The third-order valence-electron chi connectivity index (χ3n) is 3.16. The first kappa shape index (κ1) is 8.48. The second kappa shape index (κ2) is 2.69. The Morgan fingerprint density at radius 1 is 1.42 bits per heavy atom. The summed E-state index contributed by atoms with van der Waals surface area (Å²) in [6, 6.07) is 0. The second-order valence-electron chi connectivity index (χ2n) is 4.09. The molecule has 1 unspecified atom stereocenters. The fourth-order valence-electron chi connectivity index (χ4n) is 2.13. The normalized spacial score (nSPS) is 47.0. The second-order valence-corrected chi connectivity index (χ2v) is 4.09. The molecule has 3 heteroatoms. The average molecular weight is 172 g/mol. The quantitative estimate of drug-likeness (QED) is 0.635. The molecule has 0 aromatic rings. The van der Waals surface area contributed by atoms with E-state index in [9.17, 15) is 5.11 Å². The van der Waals surface area contributed by atoms with Crippen molar-refractivity contribution in [2.75, 3.05) is 13.2 Å². The molecule has 2 fully saturated rings. The minimum absolute atomic E-state index is 0.141. The number of fused-ring (bicyclic) bond motifs is 1. The van der Waals surface area contributed by atoms with Crippen molar-refractivity contribution in [3.63, 3.8) is 0 Å². The maximum Gasteiger partial charge on any atom is 0.163 e.